The summed E-state index contributed by atoms with van der Waals surface area (Å²) < 4.78 is 0. The molecule has 142 valence electrons. The highest BCUT2D eigenvalue weighted by molar-refractivity contribution is 7.18. The number of benzene rings is 1. The predicted octanol–water partition coefficient (Wildman–Crippen LogP) is 4.50. The van der Waals surface area contributed by atoms with Crippen LogP contribution >= 0.6 is 11.3 Å². The maximum absolute atomic E-state index is 12.8. The molecule has 3 aromatic rings. The molecule has 0 unspecified atom stereocenters. The zero-order chi connectivity index (χ0) is 20.0. The van der Waals surface area contributed by atoms with Gasteiger partial charge in [-0.25, -0.2) is 4.98 Å². The summed E-state index contributed by atoms with van der Waals surface area (Å²) in [6.45, 7) is 5.86. The van der Waals surface area contributed by atoms with E-state index in [2.05, 4.69) is 23.0 Å². The van der Waals surface area contributed by atoms with E-state index in [0.29, 0.717) is 21.7 Å². The van der Waals surface area contributed by atoms with Gasteiger partial charge in [0.1, 0.15) is 16.6 Å². The van der Waals surface area contributed by atoms with Crippen LogP contribution in [0.5, 0.6) is 5.75 Å². The predicted molar refractivity (Wildman–Crippen MR) is 112 cm³/mol. The Bertz CT molecular complexity index is 1200. The van der Waals surface area contributed by atoms with Crippen LogP contribution in [0.25, 0.3) is 21.9 Å². The van der Waals surface area contributed by atoms with Crippen LogP contribution in [0.4, 0.5) is 0 Å². The highest BCUT2D eigenvalue weighted by atomic mass is 32.1. The number of nitriles is 1. The summed E-state index contributed by atoms with van der Waals surface area (Å²) in [5.74, 6) is 1.16. The molecule has 6 heteroatoms. The number of nitrogens with one attached hydrogen (secondary N) is 1. The Balaban J connectivity index is 1.84. The van der Waals surface area contributed by atoms with E-state index in [9.17, 15) is 15.2 Å². The maximum Gasteiger partial charge on any atom is 0.260 e. The molecule has 1 aliphatic rings. The van der Waals surface area contributed by atoms with Gasteiger partial charge in [0, 0.05) is 4.88 Å². The number of hydrogen-bond acceptors (Lipinski definition) is 5. The van der Waals surface area contributed by atoms with Gasteiger partial charge < -0.3 is 10.1 Å². The minimum Gasteiger partial charge on any atom is -0.507 e. The summed E-state index contributed by atoms with van der Waals surface area (Å²) in [5, 5.41) is 20.3. The number of hydrogen-bond donors (Lipinski definition) is 2. The van der Waals surface area contributed by atoms with Gasteiger partial charge in [0.25, 0.3) is 5.56 Å². The minimum absolute atomic E-state index is 0.175. The van der Waals surface area contributed by atoms with E-state index in [1.165, 1.54) is 4.88 Å². The van der Waals surface area contributed by atoms with Gasteiger partial charge in [-0.1, -0.05) is 6.92 Å². The third kappa shape index (κ3) is 3.12. The highest BCUT2D eigenvalue weighted by Crippen LogP contribution is 2.36. The van der Waals surface area contributed by atoms with Crippen molar-refractivity contribution >= 4 is 33.2 Å². The minimum atomic E-state index is -0.175. The molecule has 0 bridgehead atoms. The molecule has 0 spiro atoms. The SMILES string of the molecule is Cc1cc(/C=C(\C#N)c2nc3sc4c(c3c(=O)[nH]2)CC[C@H](C)C4)cc(C)c1O. The first-order chi connectivity index (χ1) is 13.4. The third-order valence-corrected chi connectivity index (χ3v) is 6.51. The van der Waals surface area contributed by atoms with Crippen LogP contribution in [0.1, 0.15) is 46.3 Å². The number of allylic oxidation sites excluding steroid dienone is 1. The first-order valence-electron chi connectivity index (χ1n) is 9.34. The van der Waals surface area contributed by atoms with Gasteiger partial charge in [-0.3, -0.25) is 4.79 Å². The molecule has 2 aromatic heterocycles. The van der Waals surface area contributed by atoms with Crippen LogP contribution < -0.4 is 5.56 Å². The molecule has 5 nitrogen and oxygen atoms in total. The van der Waals surface area contributed by atoms with Crippen molar-refractivity contribution in [3.8, 4) is 11.8 Å². The first kappa shape index (κ1) is 18.5. The van der Waals surface area contributed by atoms with Gasteiger partial charge in [0.05, 0.1) is 11.0 Å². The van der Waals surface area contributed by atoms with Crippen LogP contribution in [-0.2, 0) is 12.8 Å². The molecular formula is C22H21N3O2S. The van der Waals surface area contributed by atoms with E-state index >= 15 is 0 Å². The fraction of sp³-hybridized carbons (Fsp3) is 0.318. The van der Waals surface area contributed by atoms with Crippen molar-refractivity contribution in [2.45, 2.75) is 40.0 Å². The van der Waals surface area contributed by atoms with Crippen LogP contribution in [-0.4, -0.2) is 15.1 Å². The Morgan fingerprint density at radius 3 is 2.79 bits per heavy atom. The van der Waals surface area contributed by atoms with Gasteiger partial charge in [-0.15, -0.1) is 11.3 Å². The Kier molecular flexibility index (Phi) is 4.56. The van der Waals surface area contributed by atoms with Gasteiger partial charge in [-0.05, 0) is 79.5 Å². The average Bonchev–Trinajstić information content (AvgIpc) is 3.01. The van der Waals surface area contributed by atoms with Crippen LogP contribution in [0.2, 0.25) is 0 Å². The Hall–Kier alpha value is -2.91. The number of aryl methyl sites for hydroxylation is 3. The van der Waals surface area contributed by atoms with E-state index in [4.69, 9.17) is 0 Å². The van der Waals surface area contributed by atoms with E-state index in [1.807, 2.05) is 26.0 Å². The van der Waals surface area contributed by atoms with Crippen molar-refractivity contribution in [2.75, 3.05) is 0 Å². The number of rotatable bonds is 2. The molecule has 0 aliphatic heterocycles. The van der Waals surface area contributed by atoms with Crippen molar-refractivity contribution in [1.29, 1.82) is 5.26 Å². The fourth-order valence-electron chi connectivity index (χ4n) is 3.87. The number of fused-ring (bicyclic) bond motifs is 3. The molecular weight excluding hydrogens is 370 g/mol. The smallest absolute Gasteiger partial charge is 0.260 e. The second kappa shape index (κ2) is 6.92. The quantitative estimate of drug-likeness (QED) is 0.630. The summed E-state index contributed by atoms with van der Waals surface area (Å²) in [4.78, 5) is 22.2. The van der Waals surface area contributed by atoms with Gasteiger partial charge in [0.15, 0.2) is 5.82 Å². The summed E-state index contributed by atoms with van der Waals surface area (Å²) >= 11 is 1.57. The topological polar surface area (TPSA) is 89.8 Å². The number of aromatic nitrogens is 2. The monoisotopic (exact) mass is 391 g/mol. The zero-order valence-corrected chi connectivity index (χ0v) is 16.9. The van der Waals surface area contributed by atoms with E-state index in [0.717, 1.165) is 41.5 Å². The number of aromatic hydroxyl groups is 1. The number of phenols is 1. The molecule has 2 heterocycles. The zero-order valence-electron chi connectivity index (χ0n) is 16.1. The first-order valence-corrected chi connectivity index (χ1v) is 10.2. The van der Waals surface area contributed by atoms with Gasteiger partial charge in [-0.2, -0.15) is 5.26 Å². The van der Waals surface area contributed by atoms with Crippen molar-refractivity contribution in [1.82, 2.24) is 9.97 Å². The number of nitrogens with zero attached hydrogens (tertiary/aromatic N) is 2. The van der Waals surface area contributed by atoms with Crippen molar-refractivity contribution < 1.29 is 5.11 Å². The molecule has 1 atom stereocenters. The summed E-state index contributed by atoms with van der Waals surface area (Å²) in [5.41, 5.74) is 3.51. The molecule has 4 rings (SSSR count). The maximum atomic E-state index is 12.8. The Morgan fingerprint density at radius 2 is 2.11 bits per heavy atom. The molecule has 0 amide bonds. The van der Waals surface area contributed by atoms with Gasteiger partial charge >= 0.3 is 0 Å². The van der Waals surface area contributed by atoms with Crippen molar-refractivity contribution in [3.63, 3.8) is 0 Å². The van der Waals surface area contributed by atoms with E-state index in [1.54, 1.807) is 17.4 Å². The van der Waals surface area contributed by atoms with Crippen molar-refractivity contribution in [2.24, 2.45) is 5.92 Å². The lowest BCUT2D eigenvalue weighted by atomic mass is 9.89. The molecule has 0 radical (unpaired) electrons. The van der Waals surface area contributed by atoms with Crippen LogP contribution in [0, 0.1) is 31.1 Å². The number of H-pyrrole nitrogens is 1. The second-order valence-electron chi connectivity index (χ2n) is 7.62. The number of phenolic OH excluding ortho intramolecular Hbond substituents is 1. The van der Waals surface area contributed by atoms with Gasteiger partial charge in [0.2, 0.25) is 0 Å². The normalized spacial score (nSPS) is 16.8. The lowest BCUT2D eigenvalue weighted by molar-refractivity contribution is 0.467. The van der Waals surface area contributed by atoms with E-state index in [-0.39, 0.29) is 17.1 Å². The fourth-order valence-corrected chi connectivity index (χ4v) is 5.25. The van der Waals surface area contributed by atoms with Crippen LogP contribution in [0.15, 0.2) is 16.9 Å². The van der Waals surface area contributed by atoms with Crippen LogP contribution in [0.3, 0.4) is 0 Å². The Labute approximate surface area is 167 Å². The largest absolute Gasteiger partial charge is 0.507 e. The summed E-state index contributed by atoms with van der Waals surface area (Å²) in [6.07, 6.45) is 4.67. The highest BCUT2D eigenvalue weighted by Gasteiger charge is 2.23. The molecule has 1 aromatic carbocycles. The number of thiophene rings is 1. The lowest BCUT2D eigenvalue weighted by Gasteiger charge is -2.17. The second-order valence-corrected chi connectivity index (χ2v) is 8.70. The Morgan fingerprint density at radius 1 is 1.39 bits per heavy atom. The molecule has 0 saturated carbocycles. The molecule has 0 saturated heterocycles. The lowest BCUT2D eigenvalue weighted by Crippen LogP contribution is -2.14. The molecule has 28 heavy (non-hydrogen) atoms. The summed E-state index contributed by atoms with van der Waals surface area (Å²) in [7, 11) is 0. The third-order valence-electron chi connectivity index (χ3n) is 5.37. The molecule has 2 N–H and O–H groups in total. The molecule has 0 fully saturated rings. The van der Waals surface area contributed by atoms with E-state index < -0.39 is 0 Å². The average molecular weight is 391 g/mol. The number of aromatic amines is 1. The van der Waals surface area contributed by atoms with Crippen molar-refractivity contribution in [3.05, 3.63) is 55.4 Å². The standard InChI is InChI=1S/C22H21N3O2S/c1-11-4-5-16-17(6-11)28-22-18(16)21(27)24-20(25-22)15(10-23)9-14-7-12(2)19(26)13(3)8-14/h7-9,11,26H,4-6H2,1-3H3,(H,24,25,27)/b15-9+/t11-/m0/s1. The molecule has 1 aliphatic carbocycles. The summed E-state index contributed by atoms with van der Waals surface area (Å²) in [6, 6.07) is 5.77.